The Morgan fingerprint density at radius 1 is 1.11 bits per heavy atom. The monoisotopic (exact) mass is 294 g/mol. The van der Waals surface area contributed by atoms with E-state index in [2.05, 4.69) is 0 Å². The molecule has 0 aromatic carbocycles. The molecule has 2 N–H and O–H groups in total. The highest BCUT2D eigenvalue weighted by molar-refractivity contribution is 6.60. The largest absolute Gasteiger partial charge is 0.500 e. The number of rotatable bonds is 12. The molecular formula is C12H26O6Si. The van der Waals surface area contributed by atoms with Gasteiger partial charge in [0.1, 0.15) is 6.10 Å². The lowest BCUT2D eigenvalue weighted by Gasteiger charge is -2.28. The predicted octanol–water partition coefficient (Wildman–Crippen LogP) is 0.737. The number of aliphatic hydroxyl groups excluding tert-OH is 2. The molecule has 0 aliphatic heterocycles. The van der Waals surface area contributed by atoms with E-state index in [-0.39, 0.29) is 12.2 Å². The topological polar surface area (TPSA) is 85.2 Å². The van der Waals surface area contributed by atoms with Gasteiger partial charge in [0.25, 0.3) is 0 Å². The molecule has 0 saturated carbocycles. The number of hydrogen-bond acceptors (Lipinski definition) is 6. The predicted molar refractivity (Wildman–Crippen MR) is 72.8 cm³/mol. The van der Waals surface area contributed by atoms with Crippen LogP contribution in [0.25, 0.3) is 0 Å². The van der Waals surface area contributed by atoms with Gasteiger partial charge < -0.3 is 23.5 Å². The first-order valence-corrected chi connectivity index (χ1v) is 8.71. The molecule has 0 rings (SSSR count). The van der Waals surface area contributed by atoms with Crippen molar-refractivity contribution in [3.8, 4) is 0 Å². The number of ketones is 1. The molecule has 6 nitrogen and oxygen atoms in total. The van der Waals surface area contributed by atoms with Crippen molar-refractivity contribution in [2.45, 2.75) is 45.8 Å². The van der Waals surface area contributed by atoms with Crippen molar-refractivity contribution in [1.82, 2.24) is 0 Å². The molecule has 0 aliphatic rings. The third kappa shape index (κ3) is 7.14. The molecule has 0 fully saturated rings. The summed E-state index contributed by atoms with van der Waals surface area (Å²) in [7, 11) is -2.70. The van der Waals surface area contributed by atoms with E-state index < -0.39 is 21.5 Å². The molecule has 0 spiro atoms. The molecule has 114 valence electrons. The lowest BCUT2D eigenvalue weighted by atomic mass is 10.1. The maximum Gasteiger partial charge on any atom is 0.500 e. The minimum absolute atomic E-state index is 0.184. The molecule has 1 atom stereocenters. The van der Waals surface area contributed by atoms with Crippen LogP contribution in [0.2, 0.25) is 6.04 Å². The first-order valence-electron chi connectivity index (χ1n) is 6.78. The number of carbonyl (C=O) groups is 1. The van der Waals surface area contributed by atoms with Crippen molar-refractivity contribution in [2.75, 3.05) is 26.4 Å². The highest BCUT2D eigenvalue weighted by Crippen LogP contribution is 2.19. The Morgan fingerprint density at radius 3 is 1.95 bits per heavy atom. The maximum atomic E-state index is 11.4. The first kappa shape index (κ1) is 18.7. The fourth-order valence-electron chi connectivity index (χ4n) is 1.75. The zero-order chi connectivity index (χ0) is 14.7. The summed E-state index contributed by atoms with van der Waals surface area (Å²) in [6.07, 6.45) is -0.589. The Labute approximate surface area is 116 Å². The van der Waals surface area contributed by atoms with Crippen molar-refractivity contribution in [3.05, 3.63) is 0 Å². The van der Waals surface area contributed by atoms with Crippen LogP contribution < -0.4 is 0 Å². The minimum Gasteiger partial charge on any atom is -0.393 e. The van der Waals surface area contributed by atoms with Crippen LogP contribution in [-0.4, -0.2) is 57.3 Å². The molecule has 0 bridgehead atoms. The highest BCUT2D eigenvalue weighted by atomic mass is 28.4. The van der Waals surface area contributed by atoms with Crippen molar-refractivity contribution in [2.24, 2.45) is 0 Å². The van der Waals surface area contributed by atoms with Crippen LogP contribution in [0.5, 0.6) is 0 Å². The van der Waals surface area contributed by atoms with Crippen molar-refractivity contribution in [1.29, 1.82) is 0 Å². The van der Waals surface area contributed by atoms with Gasteiger partial charge in [0, 0.05) is 32.3 Å². The Hall–Kier alpha value is -0.313. The zero-order valence-corrected chi connectivity index (χ0v) is 13.1. The van der Waals surface area contributed by atoms with E-state index in [9.17, 15) is 9.90 Å². The summed E-state index contributed by atoms with van der Waals surface area (Å²) in [5.41, 5.74) is 0. The van der Waals surface area contributed by atoms with Crippen LogP contribution in [0.1, 0.15) is 33.6 Å². The fourth-order valence-corrected chi connectivity index (χ4v) is 4.36. The standard InChI is InChI=1S/C12H26O6Si/c1-4-16-19(17-5-2,18-6-3)9-7-8-11(14)12(15)10-13/h12-13,15H,4-10H2,1-3H3. The van der Waals surface area contributed by atoms with Crippen LogP contribution in [0.15, 0.2) is 0 Å². The van der Waals surface area contributed by atoms with E-state index in [1.54, 1.807) is 0 Å². The molecule has 0 aliphatic carbocycles. The average molecular weight is 294 g/mol. The zero-order valence-electron chi connectivity index (χ0n) is 12.1. The molecule has 0 radical (unpaired) electrons. The third-order valence-corrected chi connectivity index (χ3v) is 5.69. The Balaban J connectivity index is 4.35. The molecule has 0 amide bonds. The van der Waals surface area contributed by atoms with Crippen LogP contribution in [0.4, 0.5) is 0 Å². The molecule has 7 heteroatoms. The lowest BCUT2D eigenvalue weighted by molar-refractivity contribution is -0.128. The summed E-state index contributed by atoms with van der Waals surface area (Å²) in [6.45, 7) is 6.59. The number of carbonyl (C=O) groups excluding carboxylic acids is 1. The van der Waals surface area contributed by atoms with Gasteiger partial charge in [0.2, 0.25) is 0 Å². The summed E-state index contributed by atoms with van der Waals surface area (Å²) in [5, 5.41) is 17.9. The summed E-state index contributed by atoms with van der Waals surface area (Å²) >= 11 is 0. The van der Waals surface area contributed by atoms with Crippen LogP contribution in [0, 0.1) is 0 Å². The molecule has 0 heterocycles. The number of aliphatic hydroxyl groups is 2. The summed E-state index contributed by atoms with van der Waals surface area (Å²) in [6, 6.07) is 0.534. The van der Waals surface area contributed by atoms with Crippen molar-refractivity contribution < 1.29 is 28.3 Å². The molecule has 19 heavy (non-hydrogen) atoms. The van der Waals surface area contributed by atoms with Gasteiger partial charge in [-0.1, -0.05) is 0 Å². The van der Waals surface area contributed by atoms with Crippen molar-refractivity contribution in [3.63, 3.8) is 0 Å². The summed E-state index contributed by atoms with van der Waals surface area (Å²) in [5.74, 6) is -0.366. The second-order valence-corrected chi connectivity index (χ2v) is 6.73. The van der Waals surface area contributed by atoms with E-state index in [1.165, 1.54) is 0 Å². The normalized spacial score (nSPS) is 13.5. The summed E-state index contributed by atoms with van der Waals surface area (Å²) < 4.78 is 17.0. The Morgan fingerprint density at radius 2 is 1.58 bits per heavy atom. The van der Waals surface area contributed by atoms with Crippen LogP contribution in [0.3, 0.4) is 0 Å². The van der Waals surface area contributed by atoms with E-state index in [1.807, 2.05) is 20.8 Å². The van der Waals surface area contributed by atoms with Crippen LogP contribution >= 0.6 is 0 Å². The van der Waals surface area contributed by atoms with Gasteiger partial charge in [-0.3, -0.25) is 4.79 Å². The Bertz CT molecular complexity index is 231. The van der Waals surface area contributed by atoms with E-state index in [4.69, 9.17) is 18.4 Å². The smallest absolute Gasteiger partial charge is 0.393 e. The molecule has 0 aromatic heterocycles. The SMILES string of the molecule is CCO[Si](CCCC(=O)C(O)CO)(OCC)OCC. The van der Waals surface area contributed by atoms with E-state index in [0.29, 0.717) is 32.3 Å². The first-order chi connectivity index (χ1) is 9.05. The van der Waals surface area contributed by atoms with Gasteiger partial charge in [0.05, 0.1) is 6.61 Å². The van der Waals surface area contributed by atoms with Crippen molar-refractivity contribution >= 4 is 14.6 Å². The van der Waals surface area contributed by atoms with E-state index >= 15 is 0 Å². The highest BCUT2D eigenvalue weighted by Gasteiger charge is 2.39. The van der Waals surface area contributed by atoms with Gasteiger partial charge in [-0.25, -0.2) is 0 Å². The molecule has 0 saturated heterocycles. The van der Waals surface area contributed by atoms with Crippen LogP contribution in [-0.2, 0) is 18.1 Å². The molecule has 1 unspecified atom stereocenters. The van der Waals surface area contributed by atoms with Gasteiger partial charge in [-0.2, -0.15) is 0 Å². The second kappa shape index (κ2) is 10.5. The summed E-state index contributed by atoms with van der Waals surface area (Å²) in [4.78, 5) is 11.4. The number of hydrogen-bond donors (Lipinski definition) is 2. The third-order valence-electron chi connectivity index (χ3n) is 2.54. The maximum absolute atomic E-state index is 11.4. The van der Waals surface area contributed by atoms with Gasteiger partial charge >= 0.3 is 8.80 Å². The average Bonchev–Trinajstić information content (AvgIpc) is 2.38. The van der Waals surface area contributed by atoms with Gasteiger partial charge in [-0.15, -0.1) is 0 Å². The minimum atomic E-state index is -2.70. The lowest BCUT2D eigenvalue weighted by Crippen LogP contribution is -2.46. The molecule has 0 aromatic rings. The quantitative estimate of drug-likeness (QED) is 0.516. The molecular weight excluding hydrogens is 268 g/mol. The second-order valence-electron chi connectivity index (χ2n) is 4.00. The fraction of sp³-hybridized carbons (Fsp3) is 0.917. The Kier molecular flexibility index (Phi) is 10.3. The number of Topliss-reactive ketones (excluding diaryl/α,β-unsaturated/α-hetero) is 1. The van der Waals surface area contributed by atoms with E-state index in [0.717, 1.165) is 0 Å². The van der Waals surface area contributed by atoms with Gasteiger partial charge in [-0.05, 0) is 27.2 Å². The van der Waals surface area contributed by atoms with Gasteiger partial charge in [0.15, 0.2) is 5.78 Å².